The molecule has 126 valence electrons. The fourth-order valence-corrected chi connectivity index (χ4v) is 2.10. The molecular weight excluding hydrogens is 332 g/mol. The van der Waals surface area contributed by atoms with Crippen molar-refractivity contribution in [1.82, 2.24) is 5.32 Å². The average Bonchev–Trinajstić information content (AvgIpc) is 2.46. The molecule has 5 N–H and O–H groups in total. The summed E-state index contributed by atoms with van der Waals surface area (Å²) in [5.74, 6) is -4.28. The van der Waals surface area contributed by atoms with E-state index in [9.17, 15) is 19.2 Å². The van der Waals surface area contributed by atoms with Crippen LogP contribution < -0.4 is 11.1 Å². The SMILES string of the molecule is N[C@@H](CCC(=O)N[C@@H](CS)C(=O)C[C@@H](CS)C(=O)O)C(=O)O. The normalized spacial score (nSPS) is 14.7. The Balaban J connectivity index is 4.45. The maximum atomic E-state index is 12.0. The number of carboxylic acid groups (broad SMARTS) is 2. The van der Waals surface area contributed by atoms with Crippen LogP contribution in [-0.2, 0) is 19.2 Å². The third kappa shape index (κ3) is 7.66. The second-order valence-electron chi connectivity index (χ2n) is 4.67. The molecule has 0 aliphatic carbocycles. The molecule has 3 atom stereocenters. The van der Waals surface area contributed by atoms with Gasteiger partial charge in [-0.15, -0.1) is 0 Å². The van der Waals surface area contributed by atoms with Crippen molar-refractivity contribution >= 4 is 48.9 Å². The van der Waals surface area contributed by atoms with Crippen molar-refractivity contribution < 1.29 is 29.4 Å². The number of carbonyl (C=O) groups is 4. The summed E-state index contributed by atoms with van der Waals surface area (Å²) in [6, 6.07) is -2.09. The Bertz CT molecular complexity index is 432. The zero-order valence-electron chi connectivity index (χ0n) is 11.8. The van der Waals surface area contributed by atoms with Gasteiger partial charge in [0.25, 0.3) is 0 Å². The Labute approximate surface area is 138 Å². The highest BCUT2D eigenvalue weighted by molar-refractivity contribution is 7.80. The summed E-state index contributed by atoms with van der Waals surface area (Å²) >= 11 is 7.82. The van der Waals surface area contributed by atoms with Gasteiger partial charge in [-0.25, -0.2) is 0 Å². The van der Waals surface area contributed by atoms with E-state index in [1.165, 1.54) is 0 Å². The maximum Gasteiger partial charge on any atom is 0.320 e. The fraction of sp³-hybridized carbons (Fsp3) is 0.667. The summed E-state index contributed by atoms with van der Waals surface area (Å²) in [6.45, 7) is 0. The van der Waals surface area contributed by atoms with Crippen molar-refractivity contribution in [3.05, 3.63) is 0 Å². The Kier molecular flexibility index (Phi) is 9.86. The average molecular weight is 352 g/mol. The van der Waals surface area contributed by atoms with E-state index in [2.05, 4.69) is 30.6 Å². The topological polar surface area (TPSA) is 147 Å². The second-order valence-corrected chi connectivity index (χ2v) is 5.40. The third-order valence-corrected chi connectivity index (χ3v) is 3.73. The van der Waals surface area contributed by atoms with E-state index >= 15 is 0 Å². The number of rotatable bonds is 11. The summed E-state index contributed by atoms with van der Waals surface area (Å²) in [6.07, 6.45) is -0.484. The van der Waals surface area contributed by atoms with Crippen LogP contribution >= 0.6 is 25.3 Å². The van der Waals surface area contributed by atoms with E-state index in [1.54, 1.807) is 0 Å². The molecule has 0 rings (SSSR count). The van der Waals surface area contributed by atoms with Crippen LogP contribution in [-0.4, -0.2) is 57.4 Å². The highest BCUT2D eigenvalue weighted by Crippen LogP contribution is 2.09. The first-order chi connectivity index (χ1) is 10.2. The third-order valence-electron chi connectivity index (χ3n) is 2.92. The Hall–Kier alpha value is -1.26. The Morgan fingerprint density at radius 2 is 1.64 bits per heavy atom. The van der Waals surface area contributed by atoms with E-state index in [1.807, 2.05) is 0 Å². The molecule has 0 aliphatic rings. The first-order valence-corrected chi connectivity index (χ1v) is 7.74. The van der Waals surface area contributed by atoms with Gasteiger partial charge in [0.1, 0.15) is 6.04 Å². The van der Waals surface area contributed by atoms with Crippen LogP contribution in [0.15, 0.2) is 0 Å². The fourth-order valence-electron chi connectivity index (χ4n) is 1.52. The van der Waals surface area contributed by atoms with Crippen molar-refractivity contribution in [3.8, 4) is 0 Å². The first-order valence-electron chi connectivity index (χ1n) is 6.47. The van der Waals surface area contributed by atoms with Crippen molar-refractivity contribution in [3.63, 3.8) is 0 Å². The number of Topliss-reactive ketones (excluding diaryl/α,β-unsaturated/α-hetero) is 1. The number of carboxylic acids is 2. The lowest BCUT2D eigenvalue weighted by Gasteiger charge is -2.17. The van der Waals surface area contributed by atoms with Crippen molar-refractivity contribution in [2.24, 2.45) is 11.7 Å². The number of aliphatic carboxylic acids is 2. The van der Waals surface area contributed by atoms with Crippen LogP contribution in [0, 0.1) is 5.92 Å². The number of amides is 1. The molecule has 8 nitrogen and oxygen atoms in total. The number of nitrogens with two attached hydrogens (primary N) is 1. The minimum Gasteiger partial charge on any atom is -0.481 e. The lowest BCUT2D eigenvalue weighted by molar-refractivity contribution is -0.143. The molecule has 0 aromatic heterocycles. The Morgan fingerprint density at radius 1 is 1.05 bits per heavy atom. The summed E-state index contributed by atoms with van der Waals surface area (Å²) in [5, 5.41) is 19.9. The first kappa shape index (κ1) is 20.7. The molecule has 0 heterocycles. The van der Waals surface area contributed by atoms with Crippen molar-refractivity contribution in [2.45, 2.75) is 31.3 Å². The number of thiol groups is 2. The number of carbonyl (C=O) groups excluding carboxylic acids is 2. The molecule has 0 aliphatic heterocycles. The van der Waals surface area contributed by atoms with Gasteiger partial charge in [-0.3, -0.25) is 19.2 Å². The molecule has 0 radical (unpaired) electrons. The smallest absolute Gasteiger partial charge is 0.320 e. The zero-order valence-corrected chi connectivity index (χ0v) is 13.6. The molecule has 0 saturated carbocycles. The second kappa shape index (κ2) is 10.5. The molecular formula is C12H20N2O6S2. The molecule has 22 heavy (non-hydrogen) atoms. The van der Waals surface area contributed by atoms with Gasteiger partial charge in [0, 0.05) is 24.3 Å². The van der Waals surface area contributed by atoms with Gasteiger partial charge in [0.15, 0.2) is 5.78 Å². The van der Waals surface area contributed by atoms with Gasteiger partial charge in [0.05, 0.1) is 12.0 Å². The molecule has 0 aromatic rings. The highest BCUT2D eigenvalue weighted by Gasteiger charge is 2.26. The number of ketones is 1. The summed E-state index contributed by atoms with van der Waals surface area (Å²) in [4.78, 5) is 45.0. The van der Waals surface area contributed by atoms with E-state index in [0.29, 0.717) is 0 Å². The molecule has 0 spiro atoms. The van der Waals surface area contributed by atoms with Crippen molar-refractivity contribution in [2.75, 3.05) is 11.5 Å². The molecule has 1 amide bonds. The van der Waals surface area contributed by atoms with Crippen LogP contribution in [0.25, 0.3) is 0 Å². The van der Waals surface area contributed by atoms with Gasteiger partial charge in [-0.2, -0.15) is 25.3 Å². The number of hydrogen-bond acceptors (Lipinski definition) is 7. The maximum absolute atomic E-state index is 12.0. The minimum atomic E-state index is -1.22. The monoisotopic (exact) mass is 352 g/mol. The summed E-state index contributed by atoms with van der Waals surface area (Å²) in [5.41, 5.74) is 5.27. The Morgan fingerprint density at radius 3 is 2.05 bits per heavy atom. The minimum absolute atomic E-state index is 0.00176. The highest BCUT2D eigenvalue weighted by atomic mass is 32.1. The van der Waals surface area contributed by atoms with Crippen LogP contribution in [0.2, 0.25) is 0 Å². The van der Waals surface area contributed by atoms with Gasteiger partial charge in [0.2, 0.25) is 5.91 Å². The van der Waals surface area contributed by atoms with Crippen LogP contribution in [0.5, 0.6) is 0 Å². The van der Waals surface area contributed by atoms with E-state index in [4.69, 9.17) is 15.9 Å². The van der Waals surface area contributed by atoms with Crippen LogP contribution in [0.4, 0.5) is 0 Å². The lowest BCUT2D eigenvalue weighted by atomic mass is 10.0. The lowest BCUT2D eigenvalue weighted by Crippen LogP contribution is -2.44. The molecule has 0 fully saturated rings. The predicted molar refractivity (Wildman–Crippen MR) is 85.2 cm³/mol. The summed E-state index contributed by atoms with van der Waals surface area (Å²) in [7, 11) is 0. The molecule has 0 bridgehead atoms. The molecule has 10 heteroatoms. The largest absolute Gasteiger partial charge is 0.481 e. The van der Waals surface area contributed by atoms with Gasteiger partial charge < -0.3 is 21.3 Å². The van der Waals surface area contributed by atoms with Crippen LogP contribution in [0.3, 0.4) is 0 Å². The van der Waals surface area contributed by atoms with Crippen LogP contribution in [0.1, 0.15) is 19.3 Å². The quantitative estimate of drug-likeness (QED) is 0.266. The van der Waals surface area contributed by atoms with E-state index in [0.717, 1.165) is 0 Å². The number of hydrogen-bond donors (Lipinski definition) is 6. The standard InChI is InChI=1S/C12H20N2O6S2/c13-7(12(19)20)1-2-10(16)14-8(5-22)9(15)3-6(4-21)11(17)18/h6-8,21-22H,1-5,13H2,(H,14,16)(H,17,18)(H,19,20)/t6-,7-,8-/m0/s1. The zero-order chi connectivity index (χ0) is 17.3. The summed E-state index contributed by atoms with van der Waals surface area (Å²) < 4.78 is 0. The predicted octanol–water partition coefficient (Wildman–Crippen LogP) is -0.817. The van der Waals surface area contributed by atoms with E-state index < -0.39 is 41.6 Å². The van der Waals surface area contributed by atoms with Gasteiger partial charge in [-0.1, -0.05) is 0 Å². The van der Waals surface area contributed by atoms with Crippen molar-refractivity contribution in [1.29, 1.82) is 0 Å². The van der Waals surface area contributed by atoms with Gasteiger partial charge in [-0.05, 0) is 6.42 Å². The van der Waals surface area contributed by atoms with E-state index in [-0.39, 0.29) is 30.8 Å². The number of nitrogens with one attached hydrogen (secondary N) is 1. The molecule has 0 saturated heterocycles. The molecule has 0 aromatic carbocycles. The molecule has 0 unspecified atom stereocenters. The van der Waals surface area contributed by atoms with Gasteiger partial charge >= 0.3 is 11.9 Å².